The predicted octanol–water partition coefficient (Wildman–Crippen LogP) is 1.97. The molecule has 6 nitrogen and oxygen atoms in total. The third-order valence-corrected chi connectivity index (χ3v) is 3.75. The zero-order chi connectivity index (χ0) is 17.2. The maximum Gasteiger partial charge on any atom is 0.407 e. The number of ether oxygens (including phenoxy) is 1. The maximum absolute atomic E-state index is 13.5. The Kier molecular flexibility index (Phi) is 5.09. The van der Waals surface area contributed by atoms with E-state index in [0.717, 1.165) is 18.3 Å². The number of alkyl carbamates (subject to hydrolysis) is 1. The number of halogens is 1. The van der Waals surface area contributed by atoms with Crippen molar-refractivity contribution in [1.82, 2.24) is 9.88 Å². The number of hydrogen-bond acceptors (Lipinski definition) is 4. The number of carbonyl (C=O) groups excluding carboxylic acids is 1. The summed E-state index contributed by atoms with van der Waals surface area (Å²) < 4.78 is 19.9. The molecule has 1 aromatic heterocycles. The molecular formula is C16H23FN2O4. The highest BCUT2D eigenvalue weighted by Gasteiger charge is 2.33. The minimum atomic E-state index is -0.635. The summed E-state index contributed by atoms with van der Waals surface area (Å²) in [7, 11) is 0. The van der Waals surface area contributed by atoms with E-state index in [9.17, 15) is 19.1 Å². The van der Waals surface area contributed by atoms with Crippen molar-refractivity contribution in [3.63, 3.8) is 0 Å². The van der Waals surface area contributed by atoms with E-state index in [1.54, 1.807) is 20.8 Å². The third-order valence-electron chi connectivity index (χ3n) is 3.75. The molecule has 1 heterocycles. The molecular weight excluding hydrogens is 303 g/mol. The van der Waals surface area contributed by atoms with Crippen LogP contribution >= 0.6 is 0 Å². The topological polar surface area (TPSA) is 80.6 Å². The van der Waals surface area contributed by atoms with Gasteiger partial charge in [0, 0.05) is 12.3 Å². The van der Waals surface area contributed by atoms with Gasteiger partial charge in [0.1, 0.15) is 11.4 Å². The van der Waals surface area contributed by atoms with Crippen molar-refractivity contribution in [3.05, 3.63) is 34.5 Å². The molecule has 0 saturated heterocycles. The molecule has 1 fully saturated rings. The monoisotopic (exact) mass is 326 g/mol. The van der Waals surface area contributed by atoms with Crippen molar-refractivity contribution in [3.8, 4) is 0 Å². The molecule has 1 aliphatic carbocycles. The lowest BCUT2D eigenvalue weighted by atomic mass is 9.88. The van der Waals surface area contributed by atoms with Gasteiger partial charge in [-0.15, -0.1) is 0 Å². The molecule has 1 aromatic rings. The number of nitrogens with zero attached hydrogens (tertiary/aromatic N) is 1. The number of nitrogens with one attached hydrogen (secondary N) is 1. The Bertz CT molecular complexity index is 623. The maximum atomic E-state index is 13.5. The first-order valence-corrected chi connectivity index (χ1v) is 7.71. The van der Waals surface area contributed by atoms with Gasteiger partial charge in [-0.2, -0.15) is 0 Å². The fourth-order valence-corrected chi connectivity index (χ4v) is 2.80. The largest absolute Gasteiger partial charge is 0.444 e. The number of aromatic nitrogens is 1. The quantitative estimate of drug-likeness (QED) is 0.871. The summed E-state index contributed by atoms with van der Waals surface area (Å²) in [6.45, 7) is 5.27. The van der Waals surface area contributed by atoms with Crippen LogP contribution in [0.1, 0.15) is 46.1 Å². The molecule has 0 aliphatic heterocycles. The highest BCUT2D eigenvalue weighted by molar-refractivity contribution is 5.68. The lowest BCUT2D eigenvalue weighted by Gasteiger charge is -2.36. The molecule has 0 radical (unpaired) electrons. The van der Waals surface area contributed by atoms with Crippen molar-refractivity contribution >= 4 is 6.09 Å². The number of hydrogen-bond donors (Lipinski definition) is 2. The Morgan fingerprint density at radius 1 is 1.39 bits per heavy atom. The van der Waals surface area contributed by atoms with Gasteiger partial charge in [0.2, 0.25) is 0 Å². The number of amides is 1. The Morgan fingerprint density at radius 2 is 2.09 bits per heavy atom. The zero-order valence-electron chi connectivity index (χ0n) is 13.6. The second-order valence-corrected chi connectivity index (χ2v) is 6.88. The lowest BCUT2D eigenvalue weighted by molar-refractivity contribution is 0.0394. The first-order valence-electron chi connectivity index (χ1n) is 7.71. The van der Waals surface area contributed by atoms with E-state index in [1.807, 2.05) is 0 Å². The Hall–Kier alpha value is -1.89. The molecule has 128 valence electrons. The van der Waals surface area contributed by atoms with Crippen LogP contribution in [-0.2, 0) is 4.74 Å². The Balaban J connectivity index is 2.21. The minimum Gasteiger partial charge on any atom is -0.444 e. The van der Waals surface area contributed by atoms with Gasteiger partial charge < -0.3 is 19.7 Å². The summed E-state index contributed by atoms with van der Waals surface area (Å²) in [6.07, 6.45) is 1.17. The molecule has 23 heavy (non-hydrogen) atoms. The summed E-state index contributed by atoms with van der Waals surface area (Å²) >= 11 is 0. The predicted molar refractivity (Wildman–Crippen MR) is 82.7 cm³/mol. The van der Waals surface area contributed by atoms with E-state index in [2.05, 4.69) is 5.32 Å². The zero-order valence-corrected chi connectivity index (χ0v) is 13.6. The fourth-order valence-electron chi connectivity index (χ4n) is 2.80. The Morgan fingerprint density at radius 3 is 2.74 bits per heavy atom. The van der Waals surface area contributed by atoms with Crippen LogP contribution in [0.4, 0.5) is 9.18 Å². The van der Waals surface area contributed by atoms with E-state index < -0.39 is 35.7 Å². The molecule has 3 atom stereocenters. The van der Waals surface area contributed by atoms with Crippen LogP contribution in [-0.4, -0.2) is 33.5 Å². The SMILES string of the molecule is CC(C)(C)OC(=O)NC1CCC(O)CC1n1cc(F)ccc1=O. The van der Waals surface area contributed by atoms with Gasteiger partial charge in [-0.3, -0.25) is 4.79 Å². The van der Waals surface area contributed by atoms with Gasteiger partial charge in [-0.05, 0) is 46.1 Å². The normalized spacial score (nSPS) is 25.0. The number of rotatable bonds is 2. The minimum absolute atomic E-state index is 0.268. The molecule has 0 aromatic carbocycles. The second kappa shape index (κ2) is 6.70. The molecule has 2 rings (SSSR count). The number of aliphatic hydroxyl groups excluding tert-OH is 1. The van der Waals surface area contributed by atoms with Crippen molar-refractivity contribution < 1.29 is 19.0 Å². The molecule has 7 heteroatoms. The molecule has 0 bridgehead atoms. The van der Waals surface area contributed by atoms with Crippen LogP contribution in [0, 0.1) is 5.82 Å². The van der Waals surface area contributed by atoms with E-state index in [1.165, 1.54) is 4.57 Å². The smallest absolute Gasteiger partial charge is 0.407 e. The van der Waals surface area contributed by atoms with Gasteiger partial charge in [-0.25, -0.2) is 9.18 Å². The summed E-state index contributed by atoms with van der Waals surface area (Å²) in [4.78, 5) is 24.0. The summed E-state index contributed by atoms with van der Waals surface area (Å²) in [5, 5.41) is 12.6. The van der Waals surface area contributed by atoms with Gasteiger partial charge in [0.15, 0.2) is 0 Å². The van der Waals surface area contributed by atoms with Crippen LogP contribution in [0.15, 0.2) is 23.1 Å². The van der Waals surface area contributed by atoms with E-state index >= 15 is 0 Å². The molecule has 2 N–H and O–H groups in total. The van der Waals surface area contributed by atoms with E-state index in [4.69, 9.17) is 4.74 Å². The summed E-state index contributed by atoms with van der Waals surface area (Å²) in [5.74, 6) is -0.541. The lowest BCUT2D eigenvalue weighted by Crippen LogP contribution is -2.49. The van der Waals surface area contributed by atoms with Crippen LogP contribution in [0.3, 0.4) is 0 Å². The molecule has 1 aliphatic rings. The van der Waals surface area contributed by atoms with Gasteiger partial charge in [0.25, 0.3) is 5.56 Å². The molecule has 1 saturated carbocycles. The van der Waals surface area contributed by atoms with Crippen LogP contribution < -0.4 is 10.9 Å². The number of aliphatic hydroxyl groups is 1. The van der Waals surface area contributed by atoms with E-state index in [0.29, 0.717) is 12.8 Å². The first kappa shape index (κ1) is 17.5. The van der Waals surface area contributed by atoms with Crippen LogP contribution in [0.25, 0.3) is 0 Å². The number of carbonyl (C=O) groups is 1. The average molecular weight is 326 g/mol. The van der Waals surface area contributed by atoms with Crippen molar-refractivity contribution in [2.75, 3.05) is 0 Å². The standard InChI is InChI=1S/C16H23FN2O4/c1-16(2,3)23-15(22)18-12-6-5-11(20)8-13(12)19-9-10(17)4-7-14(19)21/h4,7,9,11-13,20H,5-6,8H2,1-3H3,(H,18,22). The van der Waals surface area contributed by atoms with E-state index in [-0.39, 0.29) is 12.0 Å². The van der Waals surface area contributed by atoms with Gasteiger partial charge >= 0.3 is 6.09 Å². The second-order valence-electron chi connectivity index (χ2n) is 6.88. The molecule has 0 spiro atoms. The van der Waals surface area contributed by atoms with Crippen LogP contribution in [0.2, 0.25) is 0 Å². The van der Waals surface area contributed by atoms with Crippen molar-refractivity contribution in [2.45, 2.75) is 63.8 Å². The van der Waals surface area contributed by atoms with Crippen LogP contribution in [0.5, 0.6) is 0 Å². The first-order chi connectivity index (χ1) is 10.7. The fraction of sp³-hybridized carbons (Fsp3) is 0.625. The highest BCUT2D eigenvalue weighted by atomic mass is 19.1. The van der Waals surface area contributed by atoms with Gasteiger partial charge in [0.05, 0.1) is 18.2 Å². The number of pyridine rings is 1. The van der Waals surface area contributed by atoms with Crippen molar-refractivity contribution in [1.29, 1.82) is 0 Å². The molecule has 3 unspecified atom stereocenters. The highest BCUT2D eigenvalue weighted by Crippen LogP contribution is 2.28. The summed E-state index contributed by atoms with van der Waals surface area (Å²) in [5.41, 5.74) is -1.01. The van der Waals surface area contributed by atoms with Crippen molar-refractivity contribution in [2.24, 2.45) is 0 Å². The average Bonchev–Trinajstić information content (AvgIpc) is 2.41. The Labute approximate surface area is 134 Å². The molecule has 1 amide bonds. The third kappa shape index (κ3) is 4.79. The summed E-state index contributed by atoms with van der Waals surface area (Å²) in [6, 6.07) is 1.30. The van der Waals surface area contributed by atoms with Gasteiger partial charge in [-0.1, -0.05) is 0 Å².